The van der Waals surface area contributed by atoms with Crippen LogP contribution in [0.3, 0.4) is 0 Å². The third-order valence-corrected chi connectivity index (χ3v) is 13.1. The Labute approximate surface area is 275 Å². The normalized spacial score (nSPS) is 23.8. The molecular formula is C32H46N11O3S+. The highest BCUT2D eigenvalue weighted by molar-refractivity contribution is 7.89. The molecule has 2 amide bonds. The maximum Gasteiger partial charge on any atom is 0.320 e. The van der Waals surface area contributed by atoms with E-state index >= 15 is 0 Å². The van der Waals surface area contributed by atoms with E-state index in [4.69, 9.17) is 4.98 Å². The average molecular weight is 665 g/mol. The minimum absolute atomic E-state index is 0.0536. The van der Waals surface area contributed by atoms with Crippen molar-refractivity contribution >= 4 is 49.8 Å². The molecule has 3 fully saturated rings. The number of urea groups is 1. The molecule has 0 bridgehead atoms. The van der Waals surface area contributed by atoms with Crippen LogP contribution in [-0.2, 0) is 16.6 Å². The molecule has 7 rings (SSSR count). The Morgan fingerprint density at radius 2 is 1.81 bits per heavy atom. The highest BCUT2D eigenvalue weighted by Crippen LogP contribution is 2.35. The van der Waals surface area contributed by atoms with Crippen LogP contribution in [0.4, 0.5) is 16.4 Å². The van der Waals surface area contributed by atoms with E-state index in [0.717, 1.165) is 85.6 Å². The van der Waals surface area contributed by atoms with E-state index in [1.807, 2.05) is 54.6 Å². The van der Waals surface area contributed by atoms with Gasteiger partial charge in [-0.1, -0.05) is 4.98 Å². The van der Waals surface area contributed by atoms with E-state index in [1.165, 1.54) is 0 Å². The number of rotatable bonds is 8. The summed E-state index contributed by atoms with van der Waals surface area (Å²) < 4.78 is 29.7. The predicted octanol–water partition coefficient (Wildman–Crippen LogP) is 2.56. The van der Waals surface area contributed by atoms with Crippen LogP contribution in [0.15, 0.2) is 37.2 Å². The summed E-state index contributed by atoms with van der Waals surface area (Å²) in [6.07, 6.45) is 10.8. The highest BCUT2D eigenvalue weighted by Gasteiger charge is 2.45. The van der Waals surface area contributed by atoms with Crippen molar-refractivity contribution in [3.63, 3.8) is 0 Å². The van der Waals surface area contributed by atoms with Gasteiger partial charge in [-0.15, -0.1) is 0 Å². The zero-order chi connectivity index (χ0) is 33.1. The number of nitrogens with one attached hydrogen (secondary N) is 2. The number of hydrogen-bond donors (Lipinski definition) is 2. The molecular weight excluding hydrogens is 618 g/mol. The van der Waals surface area contributed by atoms with Crippen LogP contribution in [0.5, 0.6) is 0 Å². The summed E-state index contributed by atoms with van der Waals surface area (Å²) in [6.45, 7) is 9.70. The van der Waals surface area contributed by atoms with E-state index in [9.17, 15) is 13.2 Å². The summed E-state index contributed by atoms with van der Waals surface area (Å²) in [4.78, 5) is 42.7. The Bertz CT molecular complexity index is 1890. The molecule has 3 aliphatic rings. The quantitative estimate of drug-likeness (QED) is 0.274. The van der Waals surface area contributed by atoms with Crippen molar-refractivity contribution in [3.05, 3.63) is 37.2 Å². The number of sulfonamides is 1. The molecule has 4 aromatic heterocycles. The number of amides is 2. The standard InChI is InChI=1S/C32H45N11O3S/c1-22(2)47(45,46)39(5)32(3)11-16-41(19-32)30-26-9-13-34-29(26)42(21-37-30)18-24-7-6-14-43(24)31(44)38(4)23-10-15-40(17-23)28-25-8-12-33-27(25)35-20-36-28/h8-9,12-13,20-24H,6-7,10-11,14-19H2,1-5H3,(H,33,35,36)/p+1. The number of carbonyl (C=O) groups is 1. The smallest absolute Gasteiger partial charge is 0.320 e. The summed E-state index contributed by atoms with van der Waals surface area (Å²) in [5, 5.41) is 1.52. The zero-order valence-electron chi connectivity index (χ0n) is 27.9. The number of carbonyl (C=O) groups excluding carboxylic acids is 1. The molecule has 0 aromatic carbocycles. The molecule has 3 aliphatic heterocycles. The Morgan fingerprint density at radius 1 is 1.04 bits per heavy atom. The Kier molecular flexibility index (Phi) is 8.02. The monoisotopic (exact) mass is 664 g/mol. The number of likely N-dealkylation sites (tertiary alicyclic amines) is 1. The van der Waals surface area contributed by atoms with E-state index < -0.39 is 20.8 Å². The highest BCUT2D eigenvalue weighted by atomic mass is 32.2. The summed E-state index contributed by atoms with van der Waals surface area (Å²) in [6, 6.07) is 4.26. The van der Waals surface area contributed by atoms with Crippen molar-refractivity contribution in [2.75, 3.05) is 56.6 Å². The van der Waals surface area contributed by atoms with Gasteiger partial charge in [-0.3, -0.25) is 4.98 Å². The third kappa shape index (κ3) is 5.46. The number of nitrogens with zero attached hydrogens (tertiary/aromatic N) is 9. The number of likely N-dealkylation sites (N-methyl/N-ethyl adjacent to an activating group) is 2. The van der Waals surface area contributed by atoms with Crippen LogP contribution in [0, 0.1) is 0 Å². The first kappa shape index (κ1) is 31.6. The Balaban J connectivity index is 1.04. The molecule has 0 saturated carbocycles. The number of fused-ring (bicyclic) bond motifs is 2. The van der Waals surface area contributed by atoms with E-state index in [0.29, 0.717) is 13.1 Å². The van der Waals surface area contributed by atoms with E-state index in [-0.39, 0.29) is 18.1 Å². The first-order valence-electron chi connectivity index (χ1n) is 16.6. The fourth-order valence-electron chi connectivity index (χ4n) is 7.65. The van der Waals surface area contributed by atoms with Crippen molar-refractivity contribution in [1.29, 1.82) is 0 Å². The third-order valence-electron chi connectivity index (χ3n) is 10.7. The van der Waals surface area contributed by atoms with Gasteiger partial charge in [0.05, 0.1) is 41.0 Å². The lowest BCUT2D eigenvalue weighted by atomic mass is 10.0. The molecule has 14 nitrogen and oxygen atoms in total. The van der Waals surface area contributed by atoms with Crippen LogP contribution in [0.2, 0.25) is 0 Å². The summed E-state index contributed by atoms with van der Waals surface area (Å²) >= 11 is 0. The Hall–Kier alpha value is -3.98. The van der Waals surface area contributed by atoms with Crippen molar-refractivity contribution in [3.8, 4) is 0 Å². The van der Waals surface area contributed by atoms with Gasteiger partial charge in [0.25, 0.3) is 0 Å². The Morgan fingerprint density at radius 3 is 2.62 bits per heavy atom. The minimum atomic E-state index is -3.39. The summed E-state index contributed by atoms with van der Waals surface area (Å²) in [7, 11) is 0.238. The van der Waals surface area contributed by atoms with Gasteiger partial charge in [0.2, 0.25) is 27.8 Å². The first-order chi connectivity index (χ1) is 22.5. The van der Waals surface area contributed by atoms with Crippen LogP contribution < -0.4 is 14.4 Å². The summed E-state index contributed by atoms with van der Waals surface area (Å²) in [5.74, 6) is 1.76. The number of aromatic amines is 2. The molecule has 0 radical (unpaired) electrons. The minimum Gasteiger partial charge on any atom is -0.354 e. The molecule has 3 atom stereocenters. The maximum atomic E-state index is 13.9. The largest absolute Gasteiger partial charge is 0.354 e. The van der Waals surface area contributed by atoms with Crippen molar-refractivity contribution < 1.29 is 17.8 Å². The topological polar surface area (TPSA) is 142 Å². The molecule has 0 spiro atoms. The molecule has 252 valence electrons. The van der Waals surface area contributed by atoms with E-state index in [2.05, 4.69) is 34.3 Å². The second-order valence-electron chi connectivity index (χ2n) is 13.9. The van der Waals surface area contributed by atoms with Gasteiger partial charge in [-0.2, -0.15) is 4.31 Å². The molecule has 3 unspecified atom stereocenters. The number of aromatic nitrogens is 6. The van der Waals surface area contributed by atoms with Gasteiger partial charge in [-0.05, 0) is 58.6 Å². The van der Waals surface area contributed by atoms with Gasteiger partial charge in [0.1, 0.15) is 23.2 Å². The van der Waals surface area contributed by atoms with Gasteiger partial charge >= 0.3 is 6.03 Å². The maximum absolute atomic E-state index is 13.9. The molecule has 3 saturated heterocycles. The fraction of sp³-hybridized carbons (Fsp3) is 0.594. The number of anilines is 2. The lowest BCUT2D eigenvalue weighted by molar-refractivity contribution is -0.679. The van der Waals surface area contributed by atoms with Gasteiger partial charge < -0.3 is 24.6 Å². The molecule has 0 aliphatic carbocycles. The first-order valence-corrected chi connectivity index (χ1v) is 18.1. The van der Waals surface area contributed by atoms with Gasteiger partial charge in [0.15, 0.2) is 0 Å². The second-order valence-corrected chi connectivity index (χ2v) is 16.4. The zero-order valence-corrected chi connectivity index (χ0v) is 28.7. The van der Waals surface area contributed by atoms with Crippen molar-refractivity contribution in [2.45, 2.75) is 75.9 Å². The average Bonchev–Trinajstić information content (AvgIpc) is 3.90. The van der Waals surface area contributed by atoms with Crippen LogP contribution in [-0.4, -0.2) is 123 Å². The molecule has 4 aromatic rings. The van der Waals surface area contributed by atoms with Crippen LogP contribution >= 0.6 is 0 Å². The molecule has 15 heteroatoms. The molecule has 2 N–H and O–H groups in total. The second kappa shape index (κ2) is 11.9. The fourth-order valence-corrected chi connectivity index (χ4v) is 9.05. The van der Waals surface area contributed by atoms with Crippen LogP contribution in [0.1, 0.15) is 46.5 Å². The van der Waals surface area contributed by atoms with E-state index in [1.54, 1.807) is 31.5 Å². The predicted molar refractivity (Wildman–Crippen MR) is 181 cm³/mol. The summed E-state index contributed by atoms with van der Waals surface area (Å²) in [5.41, 5.74) is 1.25. The lowest BCUT2D eigenvalue weighted by Crippen LogP contribution is -2.53. The SMILES string of the molecule is CC(C)S(=O)(=O)N(C)C1(C)CCN(c2nc[n+](CC3CCCN3C(=O)N(C)C3CCN(c4ncnc5[nH]ccc45)C3)c3[nH]ccc23)C1. The van der Waals surface area contributed by atoms with Crippen molar-refractivity contribution in [2.24, 2.45) is 0 Å². The van der Waals surface area contributed by atoms with Gasteiger partial charge in [0, 0.05) is 53.0 Å². The van der Waals surface area contributed by atoms with Crippen LogP contribution in [0.25, 0.3) is 22.1 Å². The van der Waals surface area contributed by atoms with Crippen molar-refractivity contribution in [1.82, 2.24) is 39.0 Å². The lowest BCUT2D eigenvalue weighted by Gasteiger charge is -2.35. The molecule has 7 heterocycles. The number of hydrogen-bond acceptors (Lipinski definition) is 8. The van der Waals surface area contributed by atoms with Gasteiger partial charge in [-0.25, -0.2) is 27.7 Å². The molecule has 47 heavy (non-hydrogen) atoms. The number of H-pyrrole nitrogens is 2.